The average Bonchev–Trinajstić information content (AvgIpc) is 2.92. The van der Waals surface area contributed by atoms with Crippen LogP contribution in [0.25, 0.3) is 0 Å². The average molecular weight is 297 g/mol. The van der Waals surface area contributed by atoms with Crippen LogP contribution in [0.2, 0.25) is 0 Å². The lowest BCUT2D eigenvalue weighted by Gasteiger charge is -2.24. The molecular formula is C13H14F3N5. The van der Waals surface area contributed by atoms with E-state index < -0.39 is 11.9 Å². The van der Waals surface area contributed by atoms with Crippen molar-refractivity contribution in [1.82, 2.24) is 19.5 Å². The van der Waals surface area contributed by atoms with Crippen molar-refractivity contribution in [2.75, 3.05) is 11.9 Å². The minimum atomic E-state index is -4.45. The van der Waals surface area contributed by atoms with Gasteiger partial charge in [0.25, 0.3) is 0 Å². The van der Waals surface area contributed by atoms with E-state index in [-0.39, 0.29) is 5.95 Å². The Morgan fingerprint density at radius 1 is 1.29 bits per heavy atom. The number of imidazole rings is 1. The van der Waals surface area contributed by atoms with Crippen LogP contribution in [0, 0.1) is 5.92 Å². The maximum absolute atomic E-state index is 12.6. The van der Waals surface area contributed by atoms with Crippen molar-refractivity contribution in [2.45, 2.75) is 25.6 Å². The molecule has 5 nitrogen and oxygen atoms in total. The largest absolute Gasteiger partial charge is 0.433 e. The van der Waals surface area contributed by atoms with Gasteiger partial charge in [-0.3, -0.25) is 0 Å². The number of fused-ring (bicyclic) bond motifs is 1. The van der Waals surface area contributed by atoms with Gasteiger partial charge in [-0.2, -0.15) is 13.2 Å². The molecule has 0 aromatic carbocycles. The smallest absolute Gasteiger partial charge is 0.354 e. The van der Waals surface area contributed by atoms with Gasteiger partial charge < -0.3 is 9.88 Å². The van der Waals surface area contributed by atoms with E-state index in [0.29, 0.717) is 12.5 Å². The number of anilines is 1. The second-order valence-corrected chi connectivity index (χ2v) is 5.04. The molecule has 2 aromatic heterocycles. The Morgan fingerprint density at radius 3 is 2.95 bits per heavy atom. The highest BCUT2D eigenvalue weighted by atomic mass is 19.4. The summed E-state index contributed by atoms with van der Waals surface area (Å²) in [4.78, 5) is 11.6. The predicted molar refractivity (Wildman–Crippen MR) is 69.6 cm³/mol. The van der Waals surface area contributed by atoms with E-state index in [1.165, 1.54) is 0 Å². The third kappa shape index (κ3) is 3.14. The van der Waals surface area contributed by atoms with Gasteiger partial charge in [0, 0.05) is 38.1 Å². The van der Waals surface area contributed by atoms with E-state index in [2.05, 4.69) is 24.8 Å². The van der Waals surface area contributed by atoms with Gasteiger partial charge in [0.2, 0.25) is 5.95 Å². The van der Waals surface area contributed by atoms with Crippen molar-refractivity contribution in [1.29, 1.82) is 0 Å². The first-order valence-electron chi connectivity index (χ1n) is 6.66. The number of hydrogen-bond donors (Lipinski definition) is 1. The Bertz CT molecular complexity index is 622. The Balaban J connectivity index is 1.61. The molecule has 0 amide bonds. The van der Waals surface area contributed by atoms with Gasteiger partial charge in [-0.1, -0.05) is 0 Å². The fourth-order valence-electron chi connectivity index (χ4n) is 2.44. The highest BCUT2D eigenvalue weighted by Crippen LogP contribution is 2.27. The molecule has 1 aliphatic heterocycles. The van der Waals surface area contributed by atoms with Gasteiger partial charge in [0.15, 0.2) is 0 Å². The van der Waals surface area contributed by atoms with Crippen LogP contribution in [0.1, 0.15) is 17.9 Å². The number of nitrogens with one attached hydrogen (secondary N) is 1. The van der Waals surface area contributed by atoms with Gasteiger partial charge in [-0.25, -0.2) is 15.0 Å². The lowest BCUT2D eigenvalue weighted by Crippen LogP contribution is -2.26. The number of halogens is 3. The van der Waals surface area contributed by atoms with Crippen LogP contribution < -0.4 is 5.32 Å². The van der Waals surface area contributed by atoms with Crippen molar-refractivity contribution in [2.24, 2.45) is 5.92 Å². The summed E-state index contributed by atoms with van der Waals surface area (Å²) in [5.74, 6) is 1.40. The van der Waals surface area contributed by atoms with Crippen LogP contribution in [-0.4, -0.2) is 26.1 Å². The molecule has 8 heteroatoms. The molecule has 0 saturated carbocycles. The van der Waals surface area contributed by atoms with Crippen molar-refractivity contribution in [3.05, 3.63) is 36.2 Å². The second-order valence-electron chi connectivity index (χ2n) is 5.04. The normalized spacial score (nSPS) is 18.3. The Labute approximate surface area is 119 Å². The SMILES string of the molecule is FC(F)(F)c1ccnc(NCC2CCc3nccn3C2)n1. The molecule has 0 fully saturated rings. The minimum Gasteiger partial charge on any atom is -0.354 e. The van der Waals surface area contributed by atoms with E-state index in [0.717, 1.165) is 37.5 Å². The molecule has 0 saturated heterocycles. The standard InChI is InChI=1S/C13H14F3N5/c14-13(15,16)10-3-4-18-12(20-10)19-7-9-1-2-11-17-5-6-21(11)8-9/h3-6,9H,1-2,7-8H2,(H,18,19,20). The predicted octanol–water partition coefficient (Wildman–Crippen LogP) is 2.37. The summed E-state index contributed by atoms with van der Waals surface area (Å²) < 4.78 is 39.8. The Hall–Kier alpha value is -2.12. The molecule has 1 atom stereocenters. The monoisotopic (exact) mass is 297 g/mol. The summed E-state index contributed by atoms with van der Waals surface area (Å²) in [6, 6.07) is 0.865. The highest BCUT2D eigenvalue weighted by Gasteiger charge is 2.32. The summed E-state index contributed by atoms with van der Waals surface area (Å²) in [5, 5.41) is 2.89. The summed E-state index contributed by atoms with van der Waals surface area (Å²) >= 11 is 0. The van der Waals surface area contributed by atoms with E-state index in [1.54, 1.807) is 6.20 Å². The van der Waals surface area contributed by atoms with Crippen LogP contribution in [0.4, 0.5) is 19.1 Å². The summed E-state index contributed by atoms with van der Waals surface area (Å²) in [5.41, 5.74) is -0.930. The molecule has 3 rings (SSSR count). The fraction of sp³-hybridized carbons (Fsp3) is 0.462. The van der Waals surface area contributed by atoms with Gasteiger partial charge in [0.1, 0.15) is 11.5 Å². The Kier molecular flexibility index (Phi) is 3.52. The quantitative estimate of drug-likeness (QED) is 0.945. The number of hydrogen-bond acceptors (Lipinski definition) is 4. The first kappa shape index (κ1) is 13.8. The first-order chi connectivity index (χ1) is 10.0. The summed E-state index contributed by atoms with van der Waals surface area (Å²) in [6.45, 7) is 1.35. The Morgan fingerprint density at radius 2 is 2.14 bits per heavy atom. The molecule has 3 heterocycles. The van der Waals surface area contributed by atoms with Crippen LogP contribution >= 0.6 is 0 Å². The summed E-state index contributed by atoms with van der Waals surface area (Å²) in [6.07, 6.45) is 2.18. The van der Waals surface area contributed by atoms with Crippen molar-refractivity contribution in [3.8, 4) is 0 Å². The second kappa shape index (κ2) is 5.34. The number of aromatic nitrogens is 4. The fourth-order valence-corrected chi connectivity index (χ4v) is 2.44. The lowest BCUT2D eigenvalue weighted by atomic mass is 9.99. The molecule has 112 valence electrons. The van der Waals surface area contributed by atoms with Gasteiger partial charge in [-0.05, 0) is 18.4 Å². The van der Waals surface area contributed by atoms with E-state index in [1.807, 2.05) is 6.20 Å². The van der Waals surface area contributed by atoms with Gasteiger partial charge in [0.05, 0.1) is 0 Å². The molecule has 0 radical (unpaired) electrons. The van der Waals surface area contributed by atoms with Gasteiger partial charge >= 0.3 is 6.18 Å². The number of aryl methyl sites for hydroxylation is 1. The first-order valence-corrected chi connectivity index (χ1v) is 6.66. The molecule has 1 N–H and O–H groups in total. The number of rotatable bonds is 3. The highest BCUT2D eigenvalue weighted by molar-refractivity contribution is 5.26. The maximum Gasteiger partial charge on any atom is 0.433 e. The topological polar surface area (TPSA) is 55.6 Å². The number of nitrogens with zero attached hydrogens (tertiary/aromatic N) is 4. The zero-order valence-corrected chi connectivity index (χ0v) is 11.1. The van der Waals surface area contributed by atoms with E-state index in [4.69, 9.17) is 0 Å². The van der Waals surface area contributed by atoms with Crippen molar-refractivity contribution in [3.63, 3.8) is 0 Å². The summed E-state index contributed by atoms with van der Waals surface area (Å²) in [7, 11) is 0. The molecule has 0 bridgehead atoms. The van der Waals surface area contributed by atoms with Gasteiger partial charge in [-0.15, -0.1) is 0 Å². The third-order valence-corrected chi connectivity index (χ3v) is 3.53. The van der Waals surface area contributed by atoms with Crippen LogP contribution in [0.5, 0.6) is 0 Å². The zero-order valence-electron chi connectivity index (χ0n) is 11.1. The molecular weight excluding hydrogens is 283 g/mol. The van der Waals surface area contributed by atoms with Crippen LogP contribution in [0.3, 0.4) is 0 Å². The maximum atomic E-state index is 12.6. The van der Waals surface area contributed by atoms with Crippen molar-refractivity contribution >= 4 is 5.95 Å². The van der Waals surface area contributed by atoms with Crippen LogP contribution in [0.15, 0.2) is 24.7 Å². The molecule has 0 spiro atoms. The molecule has 21 heavy (non-hydrogen) atoms. The third-order valence-electron chi connectivity index (χ3n) is 3.53. The van der Waals surface area contributed by atoms with E-state index in [9.17, 15) is 13.2 Å². The lowest BCUT2D eigenvalue weighted by molar-refractivity contribution is -0.141. The minimum absolute atomic E-state index is 0.0150. The van der Waals surface area contributed by atoms with E-state index >= 15 is 0 Å². The molecule has 1 unspecified atom stereocenters. The number of alkyl halides is 3. The molecule has 2 aromatic rings. The van der Waals surface area contributed by atoms with Crippen molar-refractivity contribution < 1.29 is 13.2 Å². The zero-order chi connectivity index (χ0) is 14.9. The van der Waals surface area contributed by atoms with Crippen LogP contribution in [-0.2, 0) is 19.1 Å². The molecule has 1 aliphatic rings. The molecule has 0 aliphatic carbocycles.